The highest BCUT2D eigenvalue weighted by atomic mass is 19.4. The number of aryl methyl sites for hydroxylation is 1. The minimum absolute atomic E-state index is 0.0539. The molecule has 1 unspecified atom stereocenters. The summed E-state index contributed by atoms with van der Waals surface area (Å²) in [4.78, 5) is 18.4. The zero-order valence-corrected chi connectivity index (χ0v) is 16.4. The van der Waals surface area contributed by atoms with E-state index in [1.54, 1.807) is 42.1 Å². The lowest BCUT2D eigenvalue weighted by atomic mass is 9.97. The van der Waals surface area contributed by atoms with Gasteiger partial charge in [0, 0.05) is 31.0 Å². The van der Waals surface area contributed by atoms with Crippen molar-refractivity contribution < 1.29 is 22.4 Å². The van der Waals surface area contributed by atoms with Gasteiger partial charge in [0.15, 0.2) is 0 Å². The standard InChI is InChI=1S/C22H21F4N3O/c1-14-9-15(4-5-18(14)23)16-10-20-19(27-11-16)6-8-28(20)13-21(30)29-7-2-3-17(12-29)22(24,25)26/h4-6,8-11,17H,2-3,7,12-13H2,1H3. The highest BCUT2D eigenvalue weighted by molar-refractivity contribution is 5.84. The number of likely N-dealkylation sites (tertiary alicyclic amines) is 1. The second-order valence-electron chi connectivity index (χ2n) is 7.76. The fourth-order valence-electron chi connectivity index (χ4n) is 3.90. The summed E-state index contributed by atoms with van der Waals surface area (Å²) in [5.41, 5.74) is 3.46. The van der Waals surface area contributed by atoms with Crippen molar-refractivity contribution in [3.05, 3.63) is 54.1 Å². The molecular formula is C22H21F4N3O. The van der Waals surface area contributed by atoms with E-state index in [0.29, 0.717) is 29.6 Å². The number of amides is 1. The molecule has 0 bridgehead atoms. The smallest absolute Gasteiger partial charge is 0.341 e. The fraction of sp³-hybridized carbons (Fsp3) is 0.364. The van der Waals surface area contributed by atoms with E-state index in [2.05, 4.69) is 4.98 Å². The lowest BCUT2D eigenvalue weighted by Crippen LogP contribution is -2.45. The Morgan fingerprint density at radius 3 is 2.73 bits per heavy atom. The number of aromatic nitrogens is 2. The number of carbonyl (C=O) groups excluding carboxylic acids is 1. The molecule has 1 aliphatic rings. The third-order valence-corrected chi connectivity index (χ3v) is 5.65. The third-order valence-electron chi connectivity index (χ3n) is 5.65. The number of hydrogen-bond donors (Lipinski definition) is 0. The van der Waals surface area contributed by atoms with E-state index < -0.39 is 12.1 Å². The number of benzene rings is 1. The molecule has 0 saturated carbocycles. The first kappa shape index (κ1) is 20.4. The number of hydrogen-bond acceptors (Lipinski definition) is 2. The molecule has 1 aliphatic heterocycles. The summed E-state index contributed by atoms with van der Waals surface area (Å²) in [5.74, 6) is -2.10. The minimum atomic E-state index is -4.29. The Hall–Kier alpha value is -2.90. The lowest BCUT2D eigenvalue weighted by molar-refractivity contribution is -0.188. The molecule has 2 aromatic heterocycles. The molecule has 30 heavy (non-hydrogen) atoms. The maximum absolute atomic E-state index is 13.6. The fourth-order valence-corrected chi connectivity index (χ4v) is 3.90. The molecule has 3 heterocycles. The Bertz CT molecular complexity index is 1090. The van der Waals surface area contributed by atoms with E-state index in [1.165, 1.54) is 11.0 Å². The average molecular weight is 419 g/mol. The van der Waals surface area contributed by atoms with Gasteiger partial charge in [0.2, 0.25) is 5.91 Å². The van der Waals surface area contributed by atoms with Crippen LogP contribution in [0, 0.1) is 18.7 Å². The zero-order valence-electron chi connectivity index (χ0n) is 16.4. The van der Waals surface area contributed by atoms with E-state index in [-0.39, 0.29) is 31.2 Å². The number of carbonyl (C=O) groups is 1. The van der Waals surface area contributed by atoms with Gasteiger partial charge in [-0.25, -0.2) is 4.39 Å². The van der Waals surface area contributed by atoms with Crippen molar-refractivity contribution >= 4 is 16.9 Å². The van der Waals surface area contributed by atoms with Crippen molar-refractivity contribution in [2.24, 2.45) is 5.92 Å². The van der Waals surface area contributed by atoms with Gasteiger partial charge in [0.1, 0.15) is 12.4 Å². The second kappa shape index (κ2) is 7.74. The quantitative estimate of drug-likeness (QED) is 0.564. The van der Waals surface area contributed by atoms with Gasteiger partial charge in [-0.3, -0.25) is 9.78 Å². The molecule has 1 aromatic carbocycles. The molecule has 4 nitrogen and oxygen atoms in total. The van der Waals surface area contributed by atoms with Crippen LogP contribution in [0.2, 0.25) is 0 Å². The maximum atomic E-state index is 13.6. The normalized spacial score (nSPS) is 17.5. The van der Waals surface area contributed by atoms with Crippen molar-refractivity contribution in [3.8, 4) is 11.1 Å². The molecule has 3 aromatic rings. The molecule has 0 N–H and O–H groups in total. The third kappa shape index (κ3) is 4.04. The number of fused-ring (bicyclic) bond motifs is 1. The Balaban J connectivity index is 1.57. The van der Waals surface area contributed by atoms with E-state index in [1.807, 2.05) is 6.07 Å². The van der Waals surface area contributed by atoms with Gasteiger partial charge in [0.25, 0.3) is 0 Å². The van der Waals surface area contributed by atoms with E-state index >= 15 is 0 Å². The predicted octanol–water partition coefficient (Wildman–Crippen LogP) is 4.95. The van der Waals surface area contributed by atoms with Gasteiger partial charge < -0.3 is 9.47 Å². The number of pyridine rings is 1. The van der Waals surface area contributed by atoms with Gasteiger partial charge in [-0.05, 0) is 55.2 Å². The number of nitrogens with zero attached hydrogens (tertiary/aromatic N) is 3. The molecule has 158 valence electrons. The van der Waals surface area contributed by atoms with Crippen LogP contribution >= 0.6 is 0 Å². The summed E-state index contributed by atoms with van der Waals surface area (Å²) >= 11 is 0. The van der Waals surface area contributed by atoms with Crippen LogP contribution in [0.5, 0.6) is 0 Å². The Morgan fingerprint density at radius 2 is 2.00 bits per heavy atom. The van der Waals surface area contributed by atoms with Gasteiger partial charge in [-0.2, -0.15) is 13.2 Å². The molecule has 8 heteroatoms. The first-order chi connectivity index (χ1) is 14.2. The molecule has 1 fully saturated rings. The van der Waals surface area contributed by atoms with Gasteiger partial charge >= 0.3 is 6.18 Å². The Morgan fingerprint density at radius 1 is 1.20 bits per heavy atom. The van der Waals surface area contributed by atoms with Crippen LogP contribution < -0.4 is 0 Å². The van der Waals surface area contributed by atoms with Gasteiger partial charge in [0.05, 0.1) is 17.0 Å². The second-order valence-corrected chi connectivity index (χ2v) is 7.76. The lowest BCUT2D eigenvalue weighted by Gasteiger charge is -2.33. The van der Waals surface area contributed by atoms with Crippen molar-refractivity contribution in [2.75, 3.05) is 13.1 Å². The number of piperidine rings is 1. The highest BCUT2D eigenvalue weighted by Gasteiger charge is 2.42. The minimum Gasteiger partial charge on any atom is -0.341 e. The van der Waals surface area contributed by atoms with E-state index in [9.17, 15) is 22.4 Å². The predicted molar refractivity (Wildman–Crippen MR) is 105 cm³/mol. The number of halogens is 4. The topological polar surface area (TPSA) is 38.1 Å². The van der Waals surface area contributed by atoms with Crippen LogP contribution in [-0.4, -0.2) is 39.6 Å². The summed E-state index contributed by atoms with van der Waals surface area (Å²) < 4.78 is 54.4. The number of alkyl halides is 3. The Kier molecular flexibility index (Phi) is 5.26. The molecule has 0 aliphatic carbocycles. The van der Waals surface area contributed by atoms with Gasteiger partial charge in [-0.1, -0.05) is 6.07 Å². The maximum Gasteiger partial charge on any atom is 0.393 e. The van der Waals surface area contributed by atoms with E-state index in [0.717, 1.165) is 11.1 Å². The molecule has 1 amide bonds. The molecule has 1 atom stereocenters. The average Bonchev–Trinajstić information content (AvgIpc) is 3.11. The summed E-state index contributed by atoms with van der Waals surface area (Å²) in [7, 11) is 0. The zero-order chi connectivity index (χ0) is 21.5. The highest BCUT2D eigenvalue weighted by Crippen LogP contribution is 2.33. The van der Waals surface area contributed by atoms with E-state index in [4.69, 9.17) is 0 Å². The SMILES string of the molecule is Cc1cc(-c2cnc3ccn(CC(=O)N4CCCC(C(F)(F)F)C4)c3c2)ccc1F. The van der Waals surface area contributed by atoms with Crippen molar-refractivity contribution in [3.63, 3.8) is 0 Å². The van der Waals surface area contributed by atoms with Crippen LogP contribution in [0.15, 0.2) is 42.7 Å². The molecule has 4 rings (SSSR count). The number of rotatable bonds is 3. The van der Waals surface area contributed by atoms with Gasteiger partial charge in [-0.15, -0.1) is 0 Å². The summed E-state index contributed by atoms with van der Waals surface area (Å²) in [5, 5.41) is 0. The first-order valence-corrected chi connectivity index (χ1v) is 9.78. The van der Waals surface area contributed by atoms with Crippen molar-refractivity contribution in [1.29, 1.82) is 0 Å². The van der Waals surface area contributed by atoms with Crippen LogP contribution in [0.1, 0.15) is 18.4 Å². The Labute approximate surface area is 171 Å². The van der Waals surface area contributed by atoms with Crippen LogP contribution in [-0.2, 0) is 11.3 Å². The summed E-state index contributed by atoms with van der Waals surface area (Å²) in [6.45, 7) is 1.67. The summed E-state index contributed by atoms with van der Waals surface area (Å²) in [6, 6.07) is 8.40. The largest absolute Gasteiger partial charge is 0.393 e. The molecule has 0 radical (unpaired) electrons. The van der Waals surface area contributed by atoms with Crippen LogP contribution in [0.25, 0.3) is 22.2 Å². The van der Waals surface area contributed by atoms with Crippen molar-refractivity contribution in [1.82, 2.24) is 14.5 Å². The molecule has 1 saturated heterocycles. The molecule has 0 spiro atoms. The monoisotopic (exact) mass is 419 g/mol. The van der Waals surface area contributed by atoms with Crippen molar-refractivity contribution in [2.45, 2.75) is 32.5 Å². The summed E-state index contributed by atoms with van der Waals surface area (Å²) in [6.07, 6.45) is -0.493. The molecular weight excluding hydrogens is 398 g/mol. The van der Waals surface area contributed by atoms with Crippen LogP contribution in [0.3, 0.4) is 0 Å². The van der Waals surface area contributed by atoms with Crippen LogP contribution in [0.4, 0.5) is 17.6 Å². The first-order valence-electron chi connectivity index (χ1n) is 9.78.